The molecule has 0 unspecified atom stereocenters. The Kier molecular flexibility index (Phi) is 5.30. The summed E-state index contributed by atoms with van der Waals surface area (Å²) in [4.78, 5) is 27.0. The maximum atomic E-state index is 12.2. The van der Waals surface area contributed by atoms with Crippen molar-refractivity contribution in [1.82, 2.24) is 10.3 Å². The minimum absolute atomic E-state index is 0.251. The van der Waals surface area contributed by atoms with Crippen molar-refractivity contribution in [1.29, 1.82) is 0 Å². The topological polar surface area (TPSA) is 118 Å². The van der Waals surface area contributed by atoms with Crippen LogP contribution in [0.3, 0.4) is 0 Å². The number of hydrogen-bond acceptors (Lipinski definition) is 6. The first-order valence-corrected chi connectivity index (χ1v) is 8.37. The smallest absolute Gasteiger partial charge is 0.325 e. The number of rotatable bonds is 6. The highest BCUT2D eigenvalue weighted by molar-refractivity contribution is 6.02. The number of benzene rings is 2. The Morgan fingerprint density at radius 2 is 1.86 bits per heavy atom. The standard InChI is InChI=1S/C20H18N2O6/c1-11(20(25)26)22-19(24)17-18(23)14-8-7-13(9-12(14)10-21-17)28-16-6-4-3-5-15(16)27-2/h3-11,23H,1-2H3,(H,22,24)(H,25,26)/t11-/m0/s1. The second-order valence-corrected chi connectivity index (χ2v) is 5.99. The Labute approximate surface area is 160 Å². The molecule has 3 N–H and O–H groups in total. The van der Waals surface area contributed by atoms with E-state index in [1.807, 2.05) is 12.1 Å². The first-order chi connectivity index (χ1) is 13.4. The number of carboxylic acid groups (broad SMARTS) is 1. The van der Waals surface area contributed by atoms with E-state index >= 15 is 0 Å². The highest BCUT2D eigenvalue weighted by Gasteiger charge is 2.20. The normalized spacial score (nSPS) is 11.6. The van der Waals surface area contributed by atoms with E-state index in [2.05, 4.69) is 10.3 Å². The molecule has 0 aliphatic carbocycles. The molecule has 28 heavy (non-hydrogen) atoms. The number of methoxy groups -OCH3 is 1. The Hall–Kier alpha value is -3.81. The number of hydrogen-bond donors (Lipinski definition) is 3. The third-order valence-electron chi connectivity index (χ3n) is 4.07. The summed E-state index contributed by atoms with van der Waals surface area (Å²) in [6, 6.07) is 10.9. The van der Waals surface area contributed by atoms with Gasteiger partial charge in [-0.1, -0.05) is 12.1 Å². The summed E-state index contributed by atoms with van der Waals surface area (Å²) in [6.07, 6.45) is 1.41. The predicted molar refractivity (Wildman–Crippen MR) is 101 cm³/mol. The van der Waals surface area contributed by atoms with E-state index in [9.17, 15) is 14.7 Å². The van der Waals surface area contributed by atoms with Crippen LogP contribution in [-0.2, 0) is 4.79 Å². The van der Waals surface area contributed by atoms with Crippen molar-refractivity contribution in [2.24, 2.45) is 0 Å². The van der Waals surface area contributed by atoms with Crippen LogP contribution >= 0.6 is 0 Å². The predicted octanol–water partition coefficient (Wildman–Crippen LogP) is 2.94. The number of carboxylic acids is 1. The molecule has 0 bridgehead atoms. The molecule has 8 nitrogen and oxygen atoms in total. The lowest BCUT2D eigenvalue weighted by Crippen LogP contribution is -2.38. The lowest BCUT2D eigenvalue weighted by molar-refractivity contribution is -0.138. The molecular weight excluding hydrogens is 364 g/mol. The Morgan fingerprint density at radius 3 is 2.54 bits per heavy atom. The highest BCUT2D eigenvalue weighted by Crippen LogP contribution is 2.34. The zero-order valence-electron chi connectivity index (χ0n) is 15.2. The van der Waals surface area contributed by atoms with E-state index in [1.165, 1.54) is 13.1 Å². The number of ether oxygens (including phenoxy) is 2. The van der Waals surface area contributed by atoms with Crippen LogP contribution < -0.4 is 14.8 Å². The van der Waals surface area contributed by atoms with Crippen LogP contribution in [0.25, 0.3) is 10.8 Å². The molecule has 3 aromatic rings. The second kappa shape index (κ2) is 7.83. The number of pyridine rings is 1. The lowest BCUT2D eigenvalue weighted by atomic mass is 10.1. The Bertz CT molecular complexity index is 1050. The summed E-state index contributed by atoms with van der Waals surface area (Å²) in [5.74, 6) is -0.704. The number of aromatic nitrogens is 1. The molecule has 0 radical (unpaired) electrons. The molecule has 1 atom stereocenters. The van der Waals surface area contributed by atoms with Crippen LogP contribution in [0.1, 0.15) is 17.4 Å². The van der Waals surface area contributed by atoms with Crippen molar-refractivity contribution in [2.75, 3.05) is 7.11 Å². The SMILES string of the molecule is COc1ccccc1Oc1ccc2c(O)c(C(=O)N[C@@H](C)C(=O)O)ncc2c1. The quantitative estimate of drug-likeness (QED) is 0.600. The lowest BCUT2D eigenvalue weighted by Gasteiger charge is -2.12. The van der Waals surface area contributed by atoms with Gasteiger partial charge in [-0.15, -0.1) is 0 Å². The van der Waals surface area contributed by atoms with Crippen LogP contribution in [0, 0.1) is 0 Å². The van der Waals surface area contributed by atoms with Crippen molar-refractivity contribution < 1.29 is 29.3 Å². The molecule has 1 aromatic heterocycles. The zero-order valence-corrected chi connectivity index (χ0v) is 15.2. The van der Waals surface area contributed by atoms with Gasteiger partial charge in [0.2, 0.25) is 0 Å². The van der Waals surface area contributed by atoms with Gasteiger partial charge in [-0.2, -0.15) is 0 Å². The molecule has 1 amide bonds. The average molecular weight is 382 g/mol. The van der Waals surface area contributed by atoms with Crippen molar-refractivity contribution in [3.05, 3.63) is 54.4 Å². The summed E-state index contributed by atoms with van der Waals surface area (Å²) in [5.41, 5.74) is -0.251. The summed E-state index contributed by atoms with van der Waals surface area (Å²) >= 11 is 0. The Morgan fingerprint density at radius 1 is 1.14 bits per heavy atom. The van der Waals surface area contributed by atoms with E-state index in [0.29, 0.717) is 28.0 Å². The number of nitrogens with zero attached hydrogens (tertiary/aromatic N) is 1. The molecule has 0 saturated heterocycles. The minimum atomic E-state index is -1.19. The van der Waals surface area contributed by atoms with Crippen LogP contribution in [0.15, 0.2) is 48.7 Å². The van der Waals surface area contributed by atoms with E-state index in [-0.39, 0.29) is 11.4 Å². The van der Waals surface area contributed by atoms with Gasteiger partial charge < -0.3 is 25.0 Å². The van der Waals surface area contributed by atoms with Crippen LogP contribution in [0.4, 0.5) is 0 Å². The first kappa shape index (κ1) is 19.0. The van der Waals surface area contributed by atoms with Crippen molar-refractivity contribution in [2.45, 2.75) is 13.0 Å². The largest absolute Gasteiger partial charge is 0.505 e. The van der Waals surface area contributed by atoms with Gasteiger partial charge in [-0.05, 0) is 37.3 Å². The summed E-state index contributed by atoms with van der Waals surface area (Å²) in [7, 11) is 1.54. The van der Waals surface area contributed by atoms with E-state index in [4.69, 9.17) is 14.6 Å². The fourth-order valence-corrected chi connectivity index (χ4v) is 2.57. The third-order valence-corrected chi connectivity index (χ3v) is 4.07. The number of aromatic hydroxyl groups is 1. The Balaban J connectivity index is 1.90. The number of amides is 1. The van der Waals surface area contributed by atoms with E-state index in [0.717, 1.165) is 0 Å². The van der Waals surface area contributed by atoms with E-state index in [1.54, 1.807) is 37.4 Å². The molecule has 144 valence electrons. The first-order valence-electron chi connectivity index (χ1n) is 8.37. The molecule has 8 heteroatoms. The summed E-state index contributed by atoms with van der Waals surface area (Å²) < 4.78 is 11.1. The third kappa shape index (κ3) is 3.80. The number of para-hydroxylation sites is 2. The van der Waals surface area contributed by atoms with Gasteiger partial charge in [-0.25, -0.2) is 4.98 Å². The number of fused-ring (bicyclic) bond motifs is 1. The zero-order chi connectivity index (χ0) is 20.3. The van der Waals surface area contributed by atoms with Gasteiger partial charge >= 0.3 is 5.97 Å². The maximum absolute atomic E-state index is 12.2. The van der Waals surface area contributed by atoms with Crippen LogP contribution in [-0.4, -0.2) is 40.2 Å². The van der Waals surface area contributed by atoms with E-state index < -0.39 is 17.9 Å². The molecule has 0 spiro atoms. The number of carbonyl (C=O) groups is 2. The summed E-state index contributed by atoms with van der Waals surface area (Å²) in [6.45, 7) is 1.32. The molecule has 2 aromatic carbocycles. The van der Waals surface area contributed by atoms with Gasteiger partial charge in [0.15, 0.2) is 22.9 Å². The fraction of sp³-hybridized carbons (Fsp3) is 0.150. The number of nitrogens with one attached hydrogen (secondary N) is 1. The summed E-state index contributed by atoms with van der Waals surface area (Å²) in [5, 5.41) is 22.5. The second-order valence-electron chi connectivity index (χ2n) is 5.99. The van der Waals surface area contributed by atoms with Crippen molar-refractivity contribution in [3.63, 3.8) is 0 Å². The van der Waals surface area contributed by atoms with Gasteiger partial charge in [0.1, 0.15) is 11.8 Å². The van der Waals surface area contributed by atoms with Crippen molar-refractivity contribution in [3.8, 4) is 23.0 Å². The minimum Gasteiger partial charge on any atom is -0.505 e. The molecule has 3 rings (SSSR count). The average Bonchev–Trinajstić information content (AvgIpc) is 2.68. The number of aliphatic carboxylic acids is 1. The maximum Gasteiger partial charge on any atom is 0.325 e. The highest BCUT2D eigenvalue weighted by atomic mass is 16.5. The molecule has 0 fully saturated rings. The fourth-order valence-electron chi connectivity index (χ4n) is 2.57. The molecular formula is C20H18N2O6. The van der Waals surface area contributed by atoms with Crippen LogP contribution in [0.5, 0.6) is 23.0 Å². The van der Waals surface area contributed by atoms with Gasteiger partial charge in [0.25, 0.3) is 5.91 Å². The van der Waals surface area contributed by atoms with Crippen LogP contribution in [0.2, 0.25) is 0 Å². The molecule has 0 saturated carbocycles. The molecule has 0 aliphatic rings. The van der Waals surface area contributed by atoms with Gasteiger partial charge in [0, 0.05) is 17.0 Å². The van der Waals surface area contributed by atoms with Crippen molar-refractivity contribution >= 4 is 22.6 Å². The molecule has 0 aliphatic heterocycles. The molecule has 1 heterocycles. The number of carbonyl (C=O) groups excluding carboxylic acids is 1. The van der Waals surface area contributed by atoms with Gasteiger partial charge in [0.05, 0.1) is 7.11 Å². The monoisotopic (exact) mass is 382 g/mol. The van der Waals surface area contributed by atoms with Gasteiger partial charge in [-0.3, -0.25) is 9.59 Å².